The average Bonchev–Trinajstić information content (AvgIpc) is 2.94. The molecule has 1 aliphatic heterocycles. The molecule has 110 valence electrons. The van der Waals surface area contributed by atoms with E-state index < -0.39 is 5.97 Å². The topological polar surface area (TPSA) is 106 Å². The van der Waals surface area contributed by atoms with E-state index in [1.807, 2.05) is 0 Å². The number of aromatic nitrogens is 5. The highest BCUT2D eigenvalue weighted by Crippen LogP contribution is 2.23. The van der Waals surface area contributed by atoms with E-state index in [-0.39, 0.29) is 17.6 Å². The molecule has 0 atom stereocenters. The molecule has 0 unspecified atom stereocenters. The smallest absolute Gasteiger partial charge is 0.358 e. The summed E-state index contributed by atoms with van der Waals surface area (Å²) in [5.41, 5.74) is 1.18. The van der Waals surface area contributed by atoms with Crippen LogP contribution in [0.15, 0.2) is 12.4 Å². The summed E-state index contributed by atoms with van der Waals surface area (Å²) in [6, 6.07) is -0.0356. The lowest BCUT2D eigenvalue weighted by atomic mass is 10.1. The number of nitrogens with zero attached hydrogens (tertiary/aromatic N) is 6. The van der Waals surface area contributed by atoms with Gasteiger partial charge in [0.2, 0.25) is 0 Å². The summed E-state index contributed by atoms with van der Waals surface area (Å²) < 4.78 is 3.10. The fourth-order valence-corrected chi connectivity index (χ4v) is 2.32. The van der Waals surface area contributed by atoms with Crippen LogP contribution >= 0.6 is 0 Å². The third-order valence-corrected chi connectivity index (χ3v) is 3.50. The zero-order chi connectivity index (χ0) is 15.1. The maximum Gasteiger partial charge on any atom is 0.358 e. The van der Waals surface area contributed by atoms with Crippen molar-refractivity contribution in [2.24, 2.45) is 7.05 Å². The van der Waals surface area contributed by atoms with Crippen LogP contribution in [0.1, 0.15) is 32.6 Å². The van der Waals surface area contributed by atoms with Gasteiger partial charge in [-0.2, -0.15) is 5.10 Å². The lowest BCUT2D eigenvalue weighted by Gasteiger charge is -2.38. The lowest BCUT2D eigenvalue weighted by molar-refractivity contribution is 0.0496. The second-order valence-corrected chi connectivity index (χ2v) is 5.05. The highest BCUT2D eigenvalue weighted by atomic mass is 16.4. The Labute approximate surface area is 119 Å². The van der Waals surface area contributed by atoms with E-state index in [1.165, 1.54) is 10.9 Å². The van der Waals surface area contributed by atoms with E-state index in [1.54, 1.807) is 29.7 Å². The molecule has 2 aromatic rings. The summed E-state index contributed by atoms with van der Waals surface area (Å²) in [4.78, 5) is 24.7. The van der Waals surface area contributed by atoms with Crippen molar-refractivity contribution in [2.75, 3.05) is 13.1 Å². The molecule has 21 heavy (non-hydrogen) atoms. The molecule has 1 N–H and O–H groups in total. The number of rotatable bonds is 3. The third kappa shape index (κ3) is 2.26. The minimum atomic E-state index is -1.11. The number of carbonyl (C=O) groups is 2. The van der Waals surface area contributed by atoms with Gasteiger partial charge in [0.05, 0.1) is 23.5 Å². The lowest BCUT2D eigenvalue weighted by Crippen LogP contribution is -2.51. The Morgan fingerprint density at radius 2 is 2.05 bits per heavy atom. The van der Waals surface area contributed by atoms with Crippen molar-refractivity contribution in [2.45, 2.75) is 13.0 Å². The van der Waals surface area contributed by atoms with Gasteiger partial charge in [-0.15, -0.1) is 5.10 Å². The number of hydrogen-bond acceptors (Lipinski definition) is 5. The van der Waals surface area contributed by atoms with Crippen molar-refractivity contribution in [1.82, 2.24) is 29.7 Å². The van der Waals surface area contributed by atoms with Crippen LogP contribution in [0.5, 0.6) is 0 Å². The zero-order valence-corrected chi connectivity index (χ0v) is 11.6. The summed E-state index contributed by atoms with van der Waals surface area (Å²) in [5.74, 6) is -1.19. The van der Waals surface area contributed by atoms with Gasteiger partial charge < -0.3 is 10.0 Å². The van der Waals surface area contributed by atoms with Gasteiger partial charge in [-0.25, -0.2) is 9.48 Å². The number of hydrogen-bond donors (Lipinski definition) is 1. The normalized spacial score (nSPS) is 15.0. The molecule has 0 radical (unpaired) electrons. The van der Waals surface area contributed by atoms with Gasteiger partial charge in [0.1, 0.15) is 0 Å². The summed E-state index contributed by atoms with van der Waals surface area (Å²) in [5, 5.41) is 20.3. The maximum atomic E-state index is 12.3. The molecular weight excluding hydrogens is 276 g/mol. The number of carbonyl (C=O) groups excluding carboxylic acids is 1. The first-order chi connectivity index (χ1) is 9.95. The Morgan fingerprint density at radius 3 is 2.57 bits per heavy atom. The van der Waals surface area contributed by atoms with Gasteiger partial charge in [-0.3, -0.25) is 9.48 Å². The van der Waals surface area contributed by atoms with Gasteiger partial charge in [0.15, 0.2) is 5.69 Å². The number of carboxylic acids is 1. The summed E-state index contributed by atoms with van der Waals surface area (Å²) in [6.45, 7) is 2.76. The van der Waals surface area contributed by atoms with Gasteiger partial charge >= 0.3 is 5.97 Å². The van der Waals surface area contributed by atoms with Crippen LogP contribution in [0.25, 0.3) is 0 Å². The molecule has 0 spiro atoms. The molecule has 1 amide bonds. The van der Waals surface area contributed by atoms with Crippen LogP contribution in [0, 0.1) is 6.92 Å². The molecular formula is C12H14N6O3. The molecule has 1 fully saturated rings. The third-order valence-electron chi connectivity index (χ3n) is 3.50. The van der Waals surface area contributed by atoms with E-state index in [0.717, 1.165) is 0 Å². The second-order valence-electron chi connectivity index (χ2n) is 5.05. The Balaban J connectivity index is 1.66. The predicted octanol–water partition coefficient (Wildman–Crippen LogP) is -0.285. The molecule has 0 bridgehead atoms. The highest BCUT2D eigenvalue weighted by molar-refractivity contribution is 5.95. The summed E-state index contributed by atoms with van der Waals surface area (Å²) in [7, 11) is 1.77. The molecule has 2 aromatic heterocycles. The van der Waals surface area contributed by atoms with Crippen molar-refractivity contribution < 1.29 is 14.7 Å². The zero-order valence-electron chi connectivity index (χ0n) is 11.6. The average molecular weight is 290 g/mol. The van der Waals surface area contributed by atoms with Crippen LogP contribution < -0.4 is 0 Å². The van der Waals surface area contributed by atoms with Crippen LogP contribution in [0.3, 0.4) is 0 Å². The molecule has 1 saturated heterocycles. The van der Waals surface area contributed by atoms with Crippen molar-refractivity contribution >= 4 is 11.9 Å². The molecule has 1 aliphatic rings. The van der Waals surface area contributed by atoms with E-state index in [2.05, 4.69) is 15.4 Å². The first-order valence-electron chi connectivity index (χ1n) is 6.40. The van der Waals surface area contributed by atoms with Crippen LogP contribution in [0.2, 0.25) is 0 Å². The quantitative estimate of drug-likeness (QED) is 0.833. The van der Waals surface area contributed by atoms with Crippen LogP contribution in [0.4, 0.5) is 0 Å². The number of aromatic carboxylic acids is 1. The van der Waals surface area contributed by atoms with Gasteiger partial charge in [-0.1, -0.05) is 5.21 Å². The van der Waals surface area contributed by atoms with Gasteiger partial charge in [0, 0.05) is 26.3 Å². The molecule has 9 nitrogen and oxygen atoms in total. The Bertz CT molecular complexity index is 712. The largest absolute Gasteiger partial charge is 0.476 e. The number of likely N-dealkylation sites (tertiary alicyclic amines) is 1. The van der Waals surface area contributed by atoms with E-state index in [0.29, 0.717) is 24.3 Å². The number of amides is 1. The van der Waals surface area contributed by atoms with Crippen molar-refractivity contribution in [1.29, 1.82) is 0 Å². The van der Waals surface area contributed by atoms with Crippen LogP contribution in [-0.4, -0.2) is 59.7 Å². The second kappa shape index (κ2) is 4.69. The SMILES string of the molecule is Cc1nn(C)cc1C(=O)N1CC(n2cc(C(=O)O)nn2)C1. The molecule has 0 aromatic carbocycles. The maximum absolute atomic E-state index is 12.3. The van der Waals surface area contributed by atoms with Crippen molar-refractivity contribution in [3.8, 4) is 0 Å². The number of aryl methyl sites for hydroxylation is 2. The Hall–Kier alpha value is -2.71. The molecule has 3 rings (SSSR count). The summed E-state index contributed by atoms with van der Waals surface area (Å²) >= 11 is 0. The fourth-order valence-electron chi connectivity index (χ4n) is 2.32. The first-order valence-corrected chi connectivity index (χ1v) is 6.40. The summed E-state index contributed by atoms with van der Waals surface area (Å²) in [6.07, 6.45) is 3.08. The van der Waals surface area contributed by atoms with Crippen molar-refractivity contribution in [3.05, 3.63) is 29.3 Å². The van der Waals surface area contributed by atoms with Gasteiger partial charge in [-0.05, 0) is 6.92 Å². The van der Waals surface area contributed by atoms with E-state index in [4.69, 9.17) is 5.11 Å². The predicted molar refractivity (Wildman–Crippen MR) is 69.9 cm³/mol. The molecule has 3 heterocycles. The Morgan fingerprint density at radius 1 is 1.33 bits per heavy atom. The molecule has 0 saturated carbocycles. The molecule has 0 aliphatic carbocycles. The molecule has 9 heteroatoms. The van der Waals surface area contributed by atoms with Crippen LogP contribution in [-0.2, 0) is 7.05 Å². The monoisotopic (exact) mass is 290 g/mol. The first kappa shape index (κ1) is 13.3. The van der Waals surface area contributed by atoms with Crippen molar-refractivity contribution in [3.63, 3.8) is 0 Å². The fraction of sp³-hybridized carbons (Fsp3) is 0.417. The standard InChI is InChI=1S/C12H14N6O3/c1-7-9(5-16(2)14-7)11(19)17-3-8(4-17)18-6-10(12(20)21)13-15-18/h5-6,8H,3-4H2,1-2H3,(H,20,21). The minimum Gasteiger partial charge on any atom is -0.476 e. The van der Waals surface area contributed by atoms with E-state index in [9.17, 15) is 9.59 Å². The minimum absolute atomic E-state index is 0.0356. The highest BCUT2D eigenvalue weighted by Gasteiger charge is 2.34. The van der Waals surface area contributed by atoms with E-state index >= 15 is 0 Å². The Kier molecular flexibility index (Phi) is 2.96. The number of carboxylic acid groups (broad SMARTS) is 1. The van der Waals surface area contributed by atoms with Gasteiger partial charge in [0.25, 0.3) is 5.91 Å².